The summed E-state index contributed by atoms with van der Waals surface area (Å²) in [7, 11) is 0. The Labute approximate surface area is 115 Å². The molecule has 3 rings (SSSR count). The lowest BCUT2D eigenvalue weighted by molar-refractivity contribution is -0.202. The maximum Gasteiger partial charge on any atom is 0.261 e. The number of rotatable bonds is 3. The van der Waals surface area contributed by atoms with Crippen LogP contribution in [-0.4, -0.2) is 54.0 Å². The van der Waals surface area contributed by atoms with E-state index in [9.17, 15) is 9.59 Å². The van der Waals surface area contributed by atoms with Crippen LogP contribution in [0.4, 0.5) is 0 Å². The molecular weight excluding hydrogens is 262 g/mol. The lowest BCUT2D eigenvalue weighted by Crippen LogP contribution is -2.49. The fourth-order valence-corrected chi connectivity index (χ4v) is 2.49. The van der Waals surface area contributed by atoms with Crippen LogP contribution in [0.25, 0.3) is 0 Å². The minimum atomic E-state index is -0.466. The number of aliphatic hydroxyl groups is 1. The molecule has 6 heteroatoms. The third-order valence-electron chi connectivity index (χ3n) is 3.50. The first-order valence-corrected chi connectivity index (χ1v) is 6.53. The number of ether oxygens (including phenoxy) is 2. The van der Waals surface area contributed by atoms with Crippen molar-refractivity contribution in [2.24, 2.45) is 0 Å². The van der Waals surface area contributed by atoms with Gasteiger partial charge in [0.25, 0.3) is 11.8 Å². The Hall–Kier alpha value is -1.76. The molecular formula is C14H15NO5. The normalized spacial score (nSPS) is 25.9. The van der Waals surface area contributed by atoms with Crippen LogP contribution in [0.5, 0.6) is 0 Å². The van der Waals surface area contributed by atoms with Crippen molar-refractivity contribution in [3.05, 3.63) is 35.4 Å². The van der Waals surface area contributed by atoms with Gasteiger partial charge < -0.3 is 14.6 Å². The average molecular weight is 277 g/mol. The average Bonchev–Trinajstić information content (AvgIpc) is 2.73. The van der Waals surface area contributed by atoms with E-state index in [2.05, 4.69) is 0 Å². The topological polar surface area (TPSA) is 76.1 Å². The number of nitrogens with zero attached hydrogens (tertiary/aromatic N) is 1. The van der Waals surface area contributed by atoms with E-state index in [0.29, 0.717) is 17.5 Å². The van der Waals surface area contributed by atoms with E-state index in [1.165, 1.54) is 4.90 Å². The van der Waals surface area contributed by atoms with Crippen LogP contribution in [-0.2, 0) is 9.47 Å². The lowest BCUT2D eigenvalue weighted by Gasteiger charge is -2.33. The Morgan fingerprint density at radius 3 is 2.15 bits per heavy atom. The molecule has 0 spiro atoms. The summed E-state index contributed by atoms with van der Waals surface area (Å²) >= 11 is 0. The molecule has 2 aliphatic heterocycles. The van der Waals surface area contributed by atoms with Crippen molar-refractivity contribution < 1.29 is 24.2 Å². The van der Waals surface area contributed by atoms with Crippen molar-refractivity contribution in [2.45, 2.75) is 18.8 Å². The molecule has 0 aromatic heterocycles. The largest absolute Gasteiger partial charge is 0.396 e. The standard InChI is InChI=1S/C14H15NO5/c16-6-5-12-19-7-9(8-20-12)15-13(17)10-3-1-2-4-11(10)14(15)18/h1-4,9,12,16H,5-8H2/t9-,12-. The molecule has 2 amide bonds. The fraction of sp³-hybridized carbons (Fsp3) is 0.429. The van der Waals surface area contributed by atoms with Gasteiger partial charge in [0.15, 0.2) is 6.29 Å². The minimum Gasteiger partial charge on any atom is -0.396 e. The Kier molecular flexibility index (Phi) is 3.52. The molecule has 1 aromatic rings. The number of imide groups is 1. The predicted molar refractivity (Wildman–Crippen MR) is 68.1 cm³/mol. The molecule has 0 unspecified atom stereocenters. The zero-order valence-corrected chi connectivity index (χ0v) is 10.8. The Balaban J connectivity index is 1.74. The highest BCUT2D eigenvalue weighted by atomic mass is 16.7. The second kappa shape index (κ2) is 5.32. The SMILES string of the molecule is O=C1c2ccccc2C(=O)N1[C@H]1CO[C@H](CCO)OC1. The molecule has 0 atom stereocenters. The molecule has 20 heavy (non-hydrogen) atoms. The highest BCUT2D eigenvalue weighted by molar-refractivity contribution is 6.21. The molecule has 6 nitrogen and oxygen atoms in total. The van der Waals surface area contributed by atoms with Crippen molar-refractivity contribution in [3.63, 3.8) is 0 Å². The van der Waals surface area contributed by atoms with Crippen LogP contribution in [0.3, 0.4) is 0 Å². The van der Waals surface area contributed by atoms with Gasteiger partial charge in [0.1, 0.15) is 0 Å². The molecule has 0 aliphatic carbocycles. The van der Waals surface area contributed by atoms with Crippen molar-refractivity contribution >= 4 is 11.8 Å². The van der Waals surface area contributed by atoms with Gasteiger partial charge in [-0.1, -0.05) is 12.1 Å². The summed E-state index contributed by atoms with van der Waals surface area (Å²) < 4.78 is 10.8. The number of hydrogen-bond donors (Lipinski definition) is 1. The molecule has 0 radical (unpaired) electrons. The van der Waals surface area contributed by atoms with E-state index in [-0.39, 0.29) is 31.6 Å². The number of benzene rings is 1. The molecule has 106 valence electrons. The first-order valence-electron chi connectivity index (χ1n) is 6.53. The second-order valence-corrected chi connectivity index (χ2v) is 4.79. The van der Waals surface area contributed by atoms with Gasteiger partial charge in [-0.15, -0.1) is 0 Å². The Bertz CT molecular complexity index is 501. The van der Waals surface area contributed by atoms with Gasteiger partial charge in [-0.25, -0.2) is 0 Å². The molecule has 1 N–H and O–H groups in total. The van der Waals surface area contributed by atoms with Gasteiger partial charge in [0, 0.05) is 13.0 Å². The molecule has 2 aliphatic rings. The highest BCUT2D eigenvalue weighted by Crippen LogP contribution is 2.26. The van der Waals surface area contributed by atoms with Gasteiger partial charge in [-0.2, -0.15) is 0 Å². The predicted octanol–water partition coefficient (Wildman–Crippen LogP) is 0.407. The molecule has 2 heterocycles. The smallest absolute Gasteiger partial charge is 0.261 e. The minimum absolute atomic E-state index is 0.0254. The molecule has 1 saturated heterocycles. The zero-order valence-electron chi connectivity index (χ0n) is 10.8. The summed E-state index contributed by atoms with van der Waals surface area (Å²) in [5, 5.41) is 8.82. The van der Waals surface area contributed by atoms with Crippen LogP contribution in [0, 0.1) is 0 Å². The number of carbonyl (C=O) groups is 2. The lowest BCUT2D eigenvalue weighted by atomic mass is 10.1. The molecule has 0 bridgehead atoms. The van der Waals surface area contributed by atoms with Gasteiger partial charge in [-0.05, 0) is 12.1 Å². The van der Waals surface area contributed by atoms with E-state index in [1.807, 2.05) is 0 Å². The van der Waals surface area contributed by atoms with E-state index in [0.717, 1.165) is 0 Å². The number of fused-ring (bicyclic) bond motifs is 1. The molecule has 1 fully saturated rings. The second-order valence-electron chi connectivity index (χ2n) is 4.79. The van der Waals surface area contributed by atoms with E-state index in [1.54, 1.807) is 24.3 Å². The summed E-state index contributed by atoms with van der Waals surface area (Å²) in [5.41, 5.74) is 0.852. The Morgan fingerprint density at radius 2 is 1.65 bits per heavy atom. The van der Waals surface area contributed by atoms with Crippen LogP contribution in [0.1, 0.15) is 27.1 Å². The Morgan fingerprint density at radius 1 is 1.10 bits per heavy atom. The monoisotopic (exact) mass is 277 g/mol. The summed E-state index contributed by atoms with van der Waals surface area (Å²) in [6.45, 7) is 0.439. The molecule has 0 saturated carbocycles. The van der Waals surface area contributed by atoms with Gasteiger partial charge in [0.05, 0.1) is 30.4 Å². The number of aliphatic hydroxyl groups excluding tert-OH is 1. The van der Waals surface area contributed by atoms with E-state index in [4.69, 9.17) is 14.6 Å². The third kappa shape index (κ3) is 2.11. The van der Waals surface area contributed by atoms with Crippen molar-refractivity contribution in [1.82, 2.24) is 4.90 Å². The maximum atomic E-state index is 12.3. The summed E-state index contributed by atoms with van der Waals surface area (Å²) in [4.78, 5) is 25.7. The first-order chi connectivity index (χ1) is 9.72. The van der Waals surface area contributed by atoms with Gasteiger partial charge in [0.2, 0.25) is 0 Å². The number of carbonyl (C=O) groups excluding carboxylic acids is 2. The van der Waals surface area contributed by atoms with Crippen LogP contribution in [0.2, 0.25) is 0 Å². The van der Waals surface area contributed by atoms with Gasteiger partial charge in [-0.3, -0.25) is 14.5 Å². The maximum absolute atomic E-state index is 12.3. The van der Waals surface area contributed by atoms with Crippen LogP contribution >= 0.6 is 0 Å². The van der Waals surface area contributed by atoms with Gasteiger partial charge >= 0.3 is 0 Å². The first kappa shape index (κ1) is 13.2. The fourth-order valence-electron chi connectivity index (χ4n) is 2.49. The van der Waals surface area contributed by atoms with Crippen molar-refractivity contribution in [2.75, 3.05) is 19.8 Å². The number of hydrogen-bond acceptors (Lipinski definition) is 5. The molecule has 1 aromatic carbocycles. The summed E-state index contributed by atoms with van der Waals surface area (Å²) in [5.74, 6) is -0.605. The zero-order chi connectivity index (χ0) is 14.1. The van der Waals surface area contributed by atoms with Crippen molar-refractivity contribution in [1.29, 1.82) is 0 Å². The van der Waals surface area contributed by atoms with Crippen LogP contribution in [0.15, 0.2) is 24.3 Å². The third-order valence-corrected chi connectivity index (χ3v) is 3.50. The number of amides is 2. The quantitative estimate of drug-likeness (QED) is 0.810. The summed E-state index contributed by atoms with van der Waals surface area (Å²) in [6.07, 6.45) is -0.0825. The van der Waals surface area contributed by atoms with E-state index >= 15 is 0 Å². The summed E-state index contributed by atoms with van der Waals surface area (Å²) in [6, 6.07) is 6.35. The van der Waals surface area contributed by atoms with Crippen LogP contribution < -0.4 is 0 Å². The van der Waals surface area contributed by atoms with Crippen molar-refractivity contribution in [3.8, 4) is 0 Å². The van der Waals surface area contributed by atoms with E-state index < -0.39 is 12.3 Å². The highest BCUT2D eigenvalue weighted by Gasteiger charge is 2.41.